The summed E-state index contributed by atoms with van der Waals surface area (Å²) >= 11 is 1.97. The van der Waals surface area contributed by atoms with Gasteiger partial charge in [-0.1, -0.05) is 27.2 Å². The van der Waals surface area contributed by atoms with Gasteiger partial charge in [-0.25, -0.2) is 0 Å². The Morgan fingerprint density at radius 2 is 1.94 bits per heavy atom. The molecular weight excluding hydrogens is 226 g/mol. The minimum atomic E-state index is 0.550. The molecule has 0 aromatic carbocycles. The molecule has 0 saturated heterocycles. The predicted octanol–water partition coefficient (Wildman–Crippen LogP) is 4.32. The Kier molecular flexibility index (Phi) is 6.94. The lowest BCUT2D eigenvalue weighted by molar-refractivity contribution is 0.151. The normalized spacial score (nSPS) is 28.2. The maximum absolute atomic E-state index is 3.78. The van der Waals surface area contributed by atoms with Gasteiger partial charge in [-0.2, -0.15) is 11.8 Å². The number of thioether (sulfide) groups is 1. The highest BCUT2D eigenvalue weighted by Gasteiger charge is 2.31. The second-order valence-electron chi connectivity index (χ2n) is 6.62. The lowest BCUT2D eigenvalue weighted by Gasteiger charge is -2.39. The van der Waals surface area contributed by atoms with Gasteiger partial charge in [0, 0.05) is 6.04 Å². The van der Waals surface area contributed by atoms with E-state index in [1.54, 1.807) is 0 Å². The van der Waals surface area contributed by atoms with Crippen LogP contribution in [0.1, 0.15) is 59.3 Å². The smallest absolute Gasteiger partial charge is 0.00746 e. The van der Waals surface area contributed by atoms with Crippen molar-refractivity contribution in [3.05, 3.63) is 0 Å². The largest absolute Gasteiger partial charge is 0.314 e. The van der Waals surface area contributed by atoms with Crippen LogP contribution in [0.25, 0.3) is 0 Å². The molecule has 17 heavy (non-hydrogen) atoms. The summed E-state index contributed by atoms with van der Waals surface area (Å²) in [6, 6.07) is 0.773. The van der Waals surface area contributed by atoms with Gasteiger partial charge in [-0.3, -0.25) is 0 Å². The van der Waals surface area contributed by atoms with Crippen LogP contribution in [0.2, 0.25) is 0 Å². The van der Waals surface area contributed by atoms with E-state index in [0.29, 0.717) is 5.41 Å². The van der Waals surface area contributed by atoms with E-state index in [1.165, 1.54) is 50.8 Å². The monoisotopic (exact) mass is 257 g/mol. The SMILES string of the molecule is CSCCCCCNC1CC(C)CC(C)(C)C1. The fraction of sp³-hybridized carbons (Fsp3) is 1.00. The molecule has 2 heteroatoms. The second-order valence-corrected chi connectivity index (χ2v) is 7.60. The topological polar surface area (TPSA) is 12.0 Å². The van der Waals surface area contributed by atoms with Crippen molar-refractivity contribution in [1.82, 2.24) is 5.32 Å². The molecule has 0 aromatic heterocycles. The van der Waals surface area contributed by atoms with Crippen LogP contribution in [0.5, 0.6) is 0 Å². The maximum atomic E-state index is 3.78. The first-order valence-corrected chi connectivity index (χ1v) is 8.65. The molecule has 1 aliphatic carbocycles. The molecule has 1 aliphatic rings. The molecule has 0 aliphatic heterocycles. The Morgan fingerprint density at radius 1 is 1.18 bits per heavy atom. The third kappa shape index (κ3) is 6.71. The Balaban J connectivity index is 2.10. The Hall–Kier alpha value is 0.310. The highest BCUT2D eigenvalue weighted by atomic mass is 32.2. The fourth-order valence-electron chi connectivity index (χ4n) is 3.36. The summed E-state index contributed by atoms with van der Waals surface area (Å²) in [5.74, 6) is 2.22. The van der Waals surface area contributed by atoms with E-state index in [1.807, 2.05) is 11.8 Å². The molecule has 1 saturated carbocycles. The highest BCUT2D eigenvalue weighted by molar-refractivity contribution is 7.98. The standard InChI is InChI=1S/C15H31NS/c1-13-10-14(12-15(2,3)11-13)16-8-6-5-7-9-17-4/h13-14,16H,5-12H2,1-4H3. The van der Waals surface area contributed by atoms with Gasteiger partial charge < -0.3 is 5.32 Å². The lowest BCUT2D eigenvalue weighted by Crippen LogP contribution is -2.40. The minimum absolute atomic E-state index is 0.550. The third-order valence-electron chi connectivity index (χ3n) is 3.85. The predicted molar refractivity (Wildman–Crippen MR) is 80.8 cm³/mol. The molecule has 0 amide bonds. The summed E-state index contributed by atoms with van der Waals surface area (Å²) in [7, 11) is 0. The maximum Gasteiger partial charge on any atom is 0.00746 e. The van der Waals surface area contributed by atoms with Crippen molar-refractivity contribution < 1.29 is 0 Å². The van der Waals surface area contributed by atoms with Crippen LogP contribution in [0.3, 0.4) is 0 Å². The number of nitrogens with one attached hydrogen (secondary N) is 1. The van der Waals surface area contributed by atoms with Crippen molar-refractivity contribution in [1.29, 1.82) is 0 Å². The van der Waals surface area contributed by atoms with Gasteiger partial charge in [0.2, 0.25) is 0 Å². The van der Waals surface area contributed by atoms with Crippen molar-refractivity contribution in [2.24, 2.45) is 11.3 Å². The molecule has 1 nitrogen and oxygen atoms in total. The molecule has 1 fully saturated rings. The van der Waals surface area contributed by atoms with E-state index in [2.05, 4.69) is 32.3 Å². The van der Waals surface area contributed by atoms with Gasteiger partial charge in [0.25, 0.3) is 0 Å². The van der Waals surface area contributed by atoms with Crippen LogP contribution in [-0.2, 0) is 0 Å². The first-order chi connectivity index (χ1) is 8.03. The van der Waals surface area contributed by atoms with Crippen molar-refractivity contribution in [3.63, 3.8) is 0 Å². The van der Waals surface area contributed by atoms with E-state index < -0.39 is 0 Å². The molecule has 0 aromatic rings. The number of rotatable bonds is 7. The molecule has 0 radical (unpaired) electrons. The molecule has 0 heterocycles. The van der Waals surface area contributed by atoms with Gasteiger partial charge in [-0.15, -0.1) is 0 Å². The van der Waals surface area contributed by atoms with Crippen molar-refractivity contribution >= 4 is 11.8 Å². The highest BCUT2D eigenvalue weighted by Crippen LogP contribution is 2.38. The summed E-state index contributed by atoms with van der Waals surface area (Å²) in [5, 5.41) is 3.78. The molecule has 0 spiro atoms. The molecular formula is C15H31NS. The summed E-state index contributed by atoms with van der Waals surface area (Å²) in [4.78, 5) is 0. The average Bonchev–Trinajstić information content (AvgIpc) is 2.20. The van der Waals surface area contributed by atoms with Crippen LogP contribution in [-0.4, -0.2) is 24.6 Å². The molecule has 1 rings (SSSR count). The van der Waals surface area contributed by atoms with Crippen molar-refractivity contribution in [2.75, 3.05) is 18.6 Å². The van der Waals surface area contributed by atoms with Crippen LogP contribution in [0.15, 0.2) is 0 Å². The summed E-state index contributed by atoms with van der Waals surface area (Å²) < 4.78 is 0. The number of unbranched alkanes of at least 4 members (excludes halogenated alkanes) is 2. The molecule has 1 N–H and O–H groups in total. The van der Waals surface area contributed by atoms with Gasteiger partial charge >= 0.3 is 0 Å². The molecule has 102 valence electrons. The zero-order valence-electron chi connectivity index (χ0n) is 12.2. The number of hydrogen-bond acceptors (Lipinski definition) is 2. The first kappa shape index (κ1) is 15.4. The Morgan fingerprint density at radius 3 is 2.59 bits per heavy atom. The lowest BCUT2D eigenvalue weighted by atomic mass is 9.70. The van der Waals surface area contributed by atoms with Crippen LogP contribution < -0.4 is 5.32 Å². The first-order valence-electron chi connectivity index (χ1n) is 7.26. The summed E-state index contributed by atoms with van der Waals surface area (Å²) in [6.45, 7) is 8.49. The zero-order chi connectivity index (χ0) is 12.7. The molecule has 0 bridgehead atoms. The van der Waals surface area contributed by atoms with E-state index in [9.17, 15) is 0 Å². The van der Waals surface area contributed by atoms with E-state index >= 15 is 0 Å². The van der Waals surface area contributed by atoms with Crippen molar-refractivity contribution in [3.8, 4) is 0 Å². The fourth-order valence-corrected chi connectivity index (χ4v) is 3.85. The summed E-state index contributed by atoms with van der Waals surface area (Å²) in [5.41, 5.74) is 0.550. The average molecular weight is 257 g/mol. The van der Waals surface area contributed by atoms with Gasteiger partial charge in [0.15, 0.2) is 0 Å². The van der Waals surface area contributed by atoms with Crippen LogP contribution >= 0.6 is 11.8 Å². The van der Waals surface area contributed by atoms with Crippen molar-refractivity contribution in [2.45, 2.75) is 65.3 Å². The second kappa shape index (κ2) is 7.68. The van der Waals surface area contributed by atoms with Crippen LogP contribution in [0, 0.1) is 11.3 Å². The van der Waals surface area contributed by atoms with Gasteiger partial charge in [-0.05, 0) is 62.0 Å². The minimum Gasteiger partial charge on any atom is -0.314 e. The van der Waals surface area contributed by atoms with Gasteiger partial charge in [0.1, 0.15) is 0 Å². The summed E-state index contributed by atoms with van der Waals surface area (Å²) in [6.07, 6.45) is 10.5. The van der Waals surface area contributed by atoms with E-state index in [4.69, 9.17) is 0 Å². The van der Waals surface area contributed by atoms with E-state index in [0.717, 1.165) is 12.0 Å². The molecule has 2 unspecified atom stereocenters. The zero-order valence-corrected chi connectivity index (χ0v) is 13.0. The van der Waals surface area contributed by atoms with Crippen LogP contribution in [0.4, 0.5) is 0 Å². The Bertz CT molecular complexity index is 203. The van der Waals surface area contributed by atoms with Gasteiger partial charge in [0.05, 0.1) is 0 Å². The molecule has 2 atom stereocenters. The van der Waals surface area contributed by atoms with E-state index in [-0.39, 0.29) is 0 Å². The number of hydrogen-bond donors (Lipinski definition) is 1. The quantitative estimate of drug-likeness (QED) is 0.682. The third-order valence-corrected chi connectivity index (χ3v) is 4.54. The Labute approximate surface area is 113 Å².